The van der Waals surface area contributed by atoms with Crippen molar-refractivity contribution in [3.8, 4) is 0 Å². The van der Waals surface area contributed by atoms with E-state index in [2.05, 4.69) is 13.8 Å². The van der Waals surface area contributed by atoms with Gasteiger partial charge in [0.15, 0.2) is 0 Å². The molecule has 0 aliphatic heterocycles. The van der Waals surface area contributed by atoms with Crippen LogP contribution in [0.4, 0.5) is 0 Å². The van der Waals surface area contributed by atoms with Crippen LogP contribution >= 0.6 is 0 Å². The molecule has 3 heteroatoms. The average molecular weight is 304 g/mol. The van der Waals surface area contributed by atoms with Crippen LogP contribution in [0.3, 0.4) is 0 Å². The van der Waals surface area contributed by atoms with E-state index < -0.39 is 6.10 Å². The number of hydrogen-bond acceptors (Lipinski definition) is 3. The van der Waals surface area contributed by atoms with E-state index in [4.69, 9.17) is 0 Å². The first-order chi connectivity index (χ1) is 10.4. The zero-order chi connectivity index (χ0) is 15.7. The number of Topliss-reactive ketones (excluding diaryl/α,β-unsaturated/α-hetero) is 2. The number of hydrogen-bond donors (Lipinski definition) is 1. The summed E-state index contributed by atoms with van der Waals surface area (Å²) in [5.41, 5.74) is -0.205. The van der Waals surface area contributed by atoms with Gasteiger partial charge in [-0.15, -0.1) is 0 Å². The van der Waals surface area contributed by atoms with E-state index in [9.17, 15) is 14.7 Å². The van der Waals surface area contributed by atoms with Crippen molar-refractivity contribution in [3.63, 3.8) is 0 Å². The number of aliphatic hydroxyl groups is 1. The third-order valence-corrected chi connectivity index (χ3v) is 8.29. The van der Waals surface area contributed by atoms with Crippen LogP contribution in [0.2, 0.25) is 0 Å². The maximum atomic E-state index is 12.4. The van der Waals surface area contributed by atoms with Gasteiger partial charge >= 0.3 is 0 Å². The van der Waals surface area contributed by atoms with Gasteiger partial charge in [-0.25, -0.2) is 0 Å². The van der Waals surface area contributed by atoms with Gasteiger partial charge in [-0.2, -0.15) is 0 Å². The number of ketones is 2. The highest BCUT2D eigenvalue weighted by Gasteiger charge is 2.62. The molecular weight excluding hydrogens is 276 g/mol. The van der Waals surface area contributed by atoms with Crippen molar-refractivity contribution in [2.24, 2.45) is 34.5 Å². The molecule has 4 saturated carbocycles. The van der Waals surface area contributed by atoms with Gasteiger partial charge in [-0.05, 0) is 55.8 Å². The number of carbonyl (C=O) groups is 2. The molecule has 0 amide bonds. The molecule has 3 nitrogen and oxygen atoms in total. The van der Waals surface area contributed by atoms with Crippen LogP contribution in [0.15, 0.2) is 0 Å². The van der Waals surface area contributed by atoms with Gasteiger partial charge in [0.2, 0.25) is 0 Å². The molecule has 0 saturated heterocycles. The molecule has 4 aliphatic carbocycles. The fourth-order valence-corrected chi connectivity index (χ4v) is 6.88. The van der Waals surface area contributed by atoms with Crippen molar-refractivity contribution >= 4 is 11.6 Å². The van der Waals surface area contributed by atoms with E-state index in [0.29, 0.717) is 42.3 Å². The first-order valence-corrected chi connectivity index (χ1v) is 9.10. The number of carbonyl (C=O) groups excluding carboxylic acids is 2. The minimum absolute atomic E-state index is 0.0974. The summed E-state index contributed by atoms with van der Waals surface area (Å²) in [6.07, 6.45) is 6.59. The zero-order valence-electron chi connectivity index (χ0n) is 13.8. The quantitative estimate of drug-likeness (QED) is 0.748. The Balaban J connectivity index is 1.69. The van der Waals surface area contributed by atoms with Crippen LogP contribution in [-0.2, 0) is 9.59 Å². The van der Waals surface area contributed by atoms with E-state index in [1.807, 2.05) is 0 Å². The molecule has 22 heavy (non-hydrogen) atoms. The summed E-state index contributed by atoms with van der Waals surface area (Å²) in [6, 6.07) is 0. The Labute approximate surface area is 132 Å². The predicted octanol–water partition coefficient (Wildman–Crippen LogP) is 3.14. The van der Waals surface area contributed by atoms with Gasteiger partial charge in [0.1, 0.15) is 11.6 Å². The third-order valence-electron chi connectivity index (χ3n) is 8.29. The van der Waals surface area contributed by atoms with E-state index in [-0.39, 0.29) is 16.6 Å². The Kier molecular flexibility index (Phi) is 3.15. The minimum atomic E-state index is -0.479. The van der Waals surface area contributed by atoms with Crippen molar-refractivity contribution in [2.45, 2.75) is 71.3 Å². The molecule has 4 aliphatic rings. The molecule has 0 aromatic heterocycles. The van der Waals surface area contributed by atoms with E-state index in [0.717, 1.165) is 38.5 Å². The Morgan fingerprint density at radius 3 is 2.55 bits per heavy atom. The van der Waals surface area contributed by atoms with Crippen LogP contribution in [0.25, 0.3) is 0 Å². The summed E-state index contributed by atoms with van der Waals surface area (Å²) in [6.45, 7) is 4.43. The van der Waals surface area contributed by atoms with Crippen LogP contribution in [-0.4, -0.2) is 22.8 Å². The van der Waals surface area contributed by atoms with Gasteiger partial charge in [0, 0.05) is 30.1 Å². The first-order valence-electron chi connectivity index (χ1n) is 9.10. The SMILES string of the molecule is C[C@]12C(O)CC(=O)CC1CC[C@@H]1[C@@H]2CC[C@]2(C)C(=O)CC[C@@H]12. The van der Waals surface area contributed by atoms with E-state index >= 15 is 0 Å². The third kappa shape index (κ3) is 1.72. The summed E-state index contributed by atoms with van der Waals surface area (Å²) < 4.78 is 0. The molecule has 122 valence electrons. The summed E-state index contributed by atoms with van der Waals surface area (Å²) in [5, 5.41) is 10.7. The molecule has 2 unspecified atom stereocenters. The molecule has 7 atom stereocenters. The van der Waals surface area contributed by atoms with Crippen molar-refractivity contribution < 1.29 is 14.7 Å². The Morgan fingerprint density at radius 1 is 1.00 bits per heavy atom. The lowest BCUT2D eigenvalue weighted by atomic mass is 9.44. The molecule has 0 bridgehead atoms. The van der Waals surface area contributed by atoms with Gasteiger partial charge in [0.25, 0.3) is 0 Å². The highest BCUT2D eigenvalue weighted by atomic mass is 16.3. The van der Waals surface area contributed by atoms with Gasteiger partial charge in [-0.1, -0.05) is 13.8 Å². The second-order valence-corrected chi connectivity index (χ2v) is 8.90. The van der Waals surface area contributed by atoms with Crippen LogP contribution in [0.5, 0.6) is 0 Å². The van der Waals surface area contributed by atoms with Crippen molar-refractivity contribution in [2.75, 3.05) is 0 Å². The highest BCUT2D eigenvalue weighted by Crippen LogP contribution is 2.65. The summed E-state index contributed by atoms with van der Waals surface area (Å²) in [4.78, 5) is 24.3. The Hall–Kier alpha value is -0.700. The molecule has 4 rings (SSSR count). The van der Waals surface area contributed by atoms with Crippen molar-refractivity contribution in [1.29, 1.82) is 0 Å². The Morgan fingerprint density at radius 2 is 1.77 bits per heavy atom. The second-order valence-electron chi connectivity index (χ2n) is 8.90. The van der Waals surface area contributed by atoms with Crippen LogP contribution < -0.4 is 0 Å². The van der Waals surface area contributed by atoms with Crippen LogP contribution in [0.1, 0.15) is 65.2 Å². The normalized spacial score (nSPS) is 54.6. The molecule has 0 heterocycles. The molecule has 0 aromatic carbocycles. The predicted molar refractivity (Wildman–Crippen MR) is 83.1 cm³/mol. The number of aliphatic hydroxyl groups excluding tert-OH is 1. The number of fused-ring (bicyclic) bond motifs is 5. The van der Waals surface area contributed by atoms with Crippen molar-refractivity contribution in [3.05, 3.63) is 0 Å². The molecular formula is C19H28O3. The maximum Gasteiger partial charge on any atom is 0.139 e. The van der Waals surface area contributed by atoms with Gasteiger partial charge in [-0.3, -0.25) is 9.59 Å². The zero-order valence-corrected chi connectivity index (χ0v) is 13.8. The van der Waals surface area contributed by atoms with Crippen LogP contribution in [0, 0.1) is 34.5 Å². The lowest BCUT2D eigenvalue weighted by Crippen LogP contribution is -2.58. The lowest BCUT2D eigenvalue weighted by Gasteiger charge is -2.60. The van der Waals surface area contributed by atoms with Crippen molar-refractivity contribution in [1.82, 2.24) is 0 Å². The molecule has 0 aromatic rings. The first kappa shape index (κ1) is 14.9. The van der Waals surface area contributed by atoms with E-state index in [1.165, 1.54) is 0 Å². The minimum Gasteiger partial charge on any atom is -0.392 e. The monoisotopic (exact) mass is 304 g/mol. The molecule has 0 radical (unpaired) electrons. The highest BCUT2D eigenvalue weighted by molar-refractivity contribution is 5.87. The Bertz CT molecular complexity index is 527. The fourth-order valence-electron chi connectivity index (χ4n) is 6.88. The molecule has 4 fully saturated rings. The smallest absolute Gasteiger partial charge is 0.139 e. The summed E-state index contributed by atoms with van der Waals surface area (Å²) in [7, 11) is 0. The largest absolute Gasteiger partial charge is 0.392 e. The summed E-state index contributed by atoms with van der Waals surface area (Å²) in [5.74, 6) is 2.66. The molecule has 0 spiro atoms. The van der Waals surface area contributed by atoms with Gasteiger partial charge < -0.3 is 5.11 Å². The van der Waals surface area contributed by atoms with Gasteiger partial charge in [0.05, 0.1) is 6.10 Å². The topological polar surface area (TPSA) is 54.4 Å². The second kappa shape index (κ2) is 4.66. The molecule has 1 N–H and O–H groups in total. The average Bonchev–Trinajstić information content (AvgIpc) is 2.77. The summed E-state index contributed by atoms with van der Waals surface area (Å²) >= 11 is 0. The van der Waals surface area contributed by atoms with E-state index in [1.54, 1.807) is 0 Å². The fraction of sp³-hybridized carbons (Fsp3) is 0.895. The number of rotatable bonds is 0. The standard InChI is InChI=1S/C19H28O3/c1-18-8-7-15-13(14(18)5-6-16(18)21)4-3-11-9-12(20)10-17(22)19(11,15)2/h11,13-15,17,22H,3-10H2,1-2H3/t11?,13-,14-,15-,17?,18-,19-/m0/s1. The maximum absolute atomic E-state index is 12.4. The lowest BCUT2D eigenvalue weighted by molar-refractivity contribution is -0.169.